The SMILES string of the molecule is CC1(C(N)=O)CCN(S(=O)(=O)Cc2ccccc2N)C1. The zero-order valence-electron chi connectivity index (χ0n) is 11.4. The number of carbonyl (C=O) groups is 1. The molecular weight excluding hydrogens is 278 g/mol. The lowest BCUT2D eigenvalue weighted by atomic mass is 9.89. The molecule has 1 aliphatic rings. The predicted octanol–water partition coefficient (Wildman–Crippen LogP) is 0.296. The molecule has 0 aromatic heterocycles. The Kier molecular flexibility index (Phi) is 3.75. The minimum atomic E-state index is -3.49. The number of hydrogen-bond donors (Lipinski definition) is 2. The van der Waals surface area contributed by atoms with E-state index in [0.29, 0.717) is 24.2 Å². The van der Waals surface area contributed by atoms with E-state index in [0.717, 1.165) is 0 Å². The summed E-state index contributed by atoms with van der Waals surface area (Å²) >= 11 is 0. The maximum Gasteiger partial charge on any atom is 0.224 e. The summed E-state index contributed by atoms with van der Waals surface area (Å²) in [5.74, 6) is -0.622. The van der Waals surface area contributed by atoms with Crippen molar-refractivity contribution in [3.8, 4) is 0 Å². The fourth-order valence-corrected chi connectivity index (χ4v) is 4.00. The number of anilines is 1. The van der Waals surface area contributed by atoms with Gasteiger partial charge in [-0.05, 0) is 25.0 Å². The molecule has 110 valence electrons. The lowest BCUT2D eigenvalue weighted by Gasteiger charge is -2.21. The Labute approximate surface area is 118 Å². The second kappa shape index (κ2) is 5.06. The van der Waals surface area contributed by atoms with Gasteiger partial charge >= 0.3 is 0 Å². The summed E-state index contributed by atoms with van der Waals surface area (Å²) < 4.78 is 26.1. The van der Waals surface area contributed by atoms with Gasteiger partial charge in [-0.2, -0.15) is 0 Å². The maximum atomic E-state index is 12.4. The van der Waals surface area contributed by atoms with Crippen molar-refractivity contribution in [2.24, 2.45) is 11.1 Å². The molecule has 20 heavy (non-hydrogen) atoms. The first-order chi connectivity index (χ1) is 9.24. The number of sulfonamides is 1. The maximum absolute atomic E-state index is 12.4. The van der Waals surface area contributed by atoms with E-state index in [-0.39, 0.29) is 12.3 Å². The number of nitrogens with two attached hydrogens (primary N) is 2. The van der Waals surface area contributed by atoms with Gasteiger partial charge < -0.3 is 11.5 Å². The molecule has 1 fully saturated rings. The van der Waals surface area contributed by atoms with Crippen molar-refractivity contribution in [2.75, 3.05) is 18.8 Å². The van der Waals surface area contributed by atoms with Crippen LogP contribution >= 0.6 is 0 Å². The summed E-state index contributed by atoms with van der Waals surface area (Å²) in [6, 6.07) is 6.86. The first kappa shape index (κ1) is 14.8. The molecule has 0 radical (unpaired) electrons. The number of hydrogen-bond acceptors (Lipinski definition) is 4. The fraction of sp³-hybridized carbons (Fsp3) is 0.462. The average molecular weight is 297 g/mol. The number of nitrogen functional groups attached to an aromatic ring is 1. The van der Waals surface area contributed by atoms with Crippen molar-refractivity contribution in [3.63, 3.8) is 0 Å². The molecule has 1 saturated heterocycles. The Balaban J connectivity index is 2.17. The molecular formula is C13H19N3O3S. The highest BCUT2D eigenvalue weighted by Crippen LogP contribution is 2.32. The second-order valence-electron chi connectivity index (χ2n) is 5.46. The van der Waals surface area contributed by atoms with Crippen molar-refractivity contribution in [2.45, 2.75) is 19.1 Å². The summed E-state index contributed by atoms with van der Waals surface area (Å²) in [6.45, 7) is 2.15. The Bertz CT molecular complexity index is 630. The van der Waals surface area contributed by atoms with Gasteiger partial charge in [-0.15, -0.1) is 0 Å². The standard InChI is InChI=1S/C13H19N3O3S/c1-13(12(15)17)6-7-16(9-13)20(18,19)8-10-4-2-3-5-11(10)14/h2-5H,6-9,14H2,1H3,(H2,15,17). The van der Waals surface area contributed by atoms with Gasteiger partial charge in [0.05, 0.1) is 11.2 Å². The van der Waals surface area contributed by atoms with Crippen LogP contribution in [-0.2, 0) is 20.6 Å². The molecule has 7 heteroatoms. The van der Waals surface area contributed by atoms with E-state index in [1.807, 2.05) is 0 Å². The summed E-state index contributed by atoms with van der Waals surface area (Å²) in [4.78, 5) is 11.4. The van der Waals surface area contributed by atoms with Crippen LogP contribution in [0.2, 0.25) is 0 Å². The van der Waals surface area contributed by atoms with Crippen LogP contribution in [-0.4, -0.2) is 31.7 Å². The van der Waals surface area contributed by atoms with Gasteiger partial charge in [0, 0.05) is 18.8 Å². The molecule has 4 N–H and O–H groups in total. The molecule has 0 bridgehead atoms. The molecule has 1 unspecified atom stereocenters. The molecule has 0 aliphatic carbocycles. The highest BCUT2D eigenvalue weighted by atomic mass is 32.2. The van der Waals surface area contributed by atoms with E-state index >= 15 is 0 Å². The van der Waals surface area contributed by atoms with Gasteiger partial charge in [-0.1, -0.05) is 18.2 Å². The minimum absolute atomic E-state index is 0.136. The van der Waals surface area contributed by atoms with Crippen molar-refractivity contribution in [3.05, 3.63) is 29.8 Å². The Hall–Kier alpha value is -1.60. The monoisotopic (exact) mass is 297 g/mol. The largest absolute Gasteiger partial charge is 0.398 e. The summed E-state index contributed by atoms with van der Waals surface area (Å²) in [6.07, 6.45) is 0.450. The molecule has 1 atom stereocenters. The molecule has 2 rings (SSSR count). The van der Waals surface area contributed by atoms with Crippen molar-refractivity contribution in [1.29, 1.82) is 0 Å². The number of benzene rings is 1. The highest BCUT2D eigenvalue weighted by Gasteiger charge is 2.43. The van der Waals surface area contributed by atoms with E-state index < -0.39 is 21.3 Å². The molecule has 0 spiro atoms. The van der Waals surface area contributed by atoms with E-state index in [1.165, 1.54) is 4.31 Å². The van der Waals surface area contributed by atoms with Gasteiger partial charge in [0.1, 0.15) is 0 Å². The molecule has 0 saturated carbocycles. The first-order valence-electron chi connectivity index (χ1n) is 6.36. The van der Waals surface area contributed by atoms with Crippen LogP contribution in [0, 0.1) is 5.41 Å². The van der Waals surface area contributed by atoms with Crippen LogP contribution < -0.4 is 11.5 Å². The number of para-hydroxylation sites is 1. The third-order valence-electron chi connectivity index (χ3n) is 3.82. The molecule has 1 aliphatic heterocycles. The smallest absolute Gasteiger partial charge is 0.224 e. The third kappa shape index (κ3) is 2.78. The first-order valence-corrected chi connectivity index (χ1v) is 7.97. The summed E-state index contributed by atoms with van der Waals surface area (Å²) in [5.41, 5.74) is 11.3. The lowest BCUT2D eigenvalue weighted by Crippen LogP contribution is -2.39. The quantitative estimate of drug-likeness (QED) is 0.779. The molecule has 6 nitrogen and oxygen atoms in total. The van der Waals surface area contributed by atoms with E-state index in [4.69, 9.17) is 11.5 Å². The van der Waals surface area contributed by atoms with Crippen LogP contribution in [0.3, 0.4) is 0 Å². The van der Waals surface area contributed by atoms with Crippen LogP contribution in [0.5, 0.6) is 0 Å². The van der Waals surface area contributed by atoms with Crippen LogP contribution in [0.25, 0.3) is 0 Å². The molecule has 1 heterocycles. The average Bonchev–Trinajstić information content (AvgIpc) is 2.77. The lowest BCUT2D eigenvalue weighted by molar-refractivity contribution is -0.126. The number of nitrogens with zero attached hydrogens (tertiary/aromatic N) is 1. The Morgan fingerprint density at radius 2 is 2.05 bits per heavy atom. The van der Waals surface area contributed by atoms with Crippen molar-refractivity contribution >= 4 is 21.6 Å². The van der Waals surface area contributed by atoms with Crippen LogP contribution in [0.15, 0.2) is 24.3 Å². The number of amides is 1. The van der Waals surface area contributed by atoms with Crippen LogP contribution in [0.4, 0.5) is 5.69 Å². The molecule has 1 aromatic carbocycles. The van der Waals surface area contributed by atoms with Gasteiger partial charge in [0.2, 0.25) is 15.9 Å². The number of carbonyl (C=O) groups excluding carboxylic acids is 1. The van der Waals surface area contributed by atoms with Gasteiger partial charge in [0.15, 0.2) is 0 Å². The minimum Gasteiger partial charge on any atom is -0.398 e. The van der Waals surface area contributed by atoms with Gasteiger partial charge in [0.25, 0.3) is 0 Å². The van der Waals surface area contributed by atoms with E-state index in [1.54, 1.807) is 31.2 Å². The van der Waals surface area contributed by atoms with Gasteiger partial charge in [-0.3, -0.25) is 4.79 Å². The summed E-state index contributed by atoms with van der Waals surface area (Å²) in [5, 5.41) is 0. The Morgan fingerprint density at radius 3 is 2.60 bits per heavy atom. The van der Waals surface area contributed by atoms with E-state index in [9.17, 15) is 13.2 Å². The molecule has 1 amide bonds. The second-order valence-corrected chi connectivity index (χ2v) is 7.43. The third-order valence-corrected chi connectivity index (χ3v) is 5.59. The highest BCUT2D eigenvalue weighted by molar-refractivity contribution is 7.88. The zero-order valence-corrected chi connectivity index (χ0v) is 12.2. The predicted molar refractivity (Wildman–Crippen MR) is 77.0 cm³/mol. The summed E-state index contributed by atoms with van der Waals surface area (Å²) in [7, 11) is -3.49. The Morgan fingerprint density at radius 1 is 1.40 bits per heavy atom. The molecule has 1 aromatic rings. The normalized spacial score (nSPS) is 23.9. The van der Waals surface area contributed by atoms with Crippen LogP contribution in [0.1, 0.15) is 18.9 Å². The zero-order chi connectivity index (χ0) is 15.0. The number of primary amides is 1. The topological polar surface area (TPSA) is 106 Å². The van der Waals surface area contributed by atoms with Crippen molar-refractivity contribution in [1.82, 2.24) is 4.31 Å². The number of rotatable bonds is 4. The fourth-order valence-electron chi connectivity index (χ4n) is 2.31. The van der Waals surface area contributed by atoms with E-state index in [2.05, 4.69) is 0 Å². The van der Waals surface area contributed by atoms with Crippen molar-refractivity contribution < 1.29 is 13.2 Å². The van der Waals surface area contributed by atoms with Gasteiger partial charge in [-0.25, -0.2) is 12.7 Å².